The van der Waals surface area contributed by atoms with Crippen LogP contribution in [0.1, 0.15) is 12.0 Å². The second kappa shape index (κ2) is 4.62. The van der Waals surface area contributed by atoms with Crippen molar-refractivity contribution in [2.24, 2.45) is 5.92 Å². The summed E-state index contributed by atoms with van der Waals surface area (Å²) in [6.45, 7) is 2.03. The first-order valence-corrected chi connectivity index (χ1v) is 5.33. The van der Waals surface area contributed by atoms with Crippen molar-refractivity contribution in [3.05, 3.63) is 29.6 Å². The van der Waals surface area contributed by atoms with Crippen molar-refractivity contribution < 1.29 is 9.13 Å². The van der Waals surface area contributed by atoms with Crippen LogP contribution in [-0.2, 0) is 6.42 Å². The summed E-state index contributed by atoms with van der Waals surface area (Å²) in [5.74, 6) is 1.05. The van der Waals surface area contributed by atoms with Gasteiger partial charge in [0.2, 0.25) is 0 Å². The fourth-order valence-electron chi connectivity index (χ4n) is 2.11. The highest BCUT2D eigenvalue weighted by molar-refractivity contribution is 5.35. The summed E-state index contributed by atoms with van der Waals surface area (Å²) in [6, 6.07) is 5.01. The van der Waals surface area contributed by atoms with Crippen molar-refractivity contribution in [2.75, 3.05) is 20.2 Å². The predicted molar refractivity (Wildman–Crippen MR) is 57.6 cm³/mol. The lowest BCUT2D eigenvalue weighted by atomic mass is 9.97. The molecule has 1 aliphatic heterocycles. The minimum absolute atomic E-state index is 0.152. The number of benzene rings is 1. The second-order valence-corrected chi connectivity index (χ2v) is 3.98. The predicted octanol–water partition coefficient (Wildman–Crippen LogP) is 1.99. The van der Waals surface area contributed by atoms with Crippen LogP contribution in [0.15, 0.2) is 18.2 Å². The van der Waals surface area contributed by atoms with Crippen molar-refractivity contribution in [3.8, 4) is 5.75 Å². The van der Waals surface area contributed by atoms with E-state index in [1.54, 1.807) is 13.2 Å². The van der Waals surface area contributed by atoms with Gasteiger partial charge < -0.3 is 10.1 Å². The fraction of sp³-hybridized carbons (Fsp3) is 0.500. The molecule has 1 aromatic carbocycles. The van der Waals surface area contributed by atoms with Crippen molar-refractivity contribution >= 4 is 0 Å². The van der Waals surface area contributed by atoms with E-state index in [1.807, 2.05) is 6.07 Å². The Hall–Kier alpha value is -1.09. The van der Waals surface area contributed by atoms with Gasteiger partial charge in [0, 0.05) is 5.56 Å². The molecule has 1 saturated heterocycles. The quantitative estimate of drug-likeness (QED) is 0.822. The number of nitrogens with one attached hydrogen (secondary N) is 1. The number of hydrogen-bond acceptors (Lipinski definition) is 2. The number of hydrogen-bond donors (Lipinski definition) is 1. The molecule has 0 amide bonds. The van der Waals surface area contributed by atoms with Crippen molar-refractivity contribution in [1.29, 1.82) is 0 Å². The molecule has 1 fully saturated rings. The molecule has 3 heteroatoms. The normalized spacial score (nSPS) is 20.5. The number of halogens is 1. The Balaban J connectivity index is 2.17. The zero-order valence-electron chi connectivity index (χ0n) is 8.92. The summed E-state index contributed by atoms with van der Waals surface area (Å²) in [6.07, 6.45) is 1.89. The summed E-state index contributed by atoms with van der Waals surface area (Å²) in [4.78, 5) is 0. The number of methoxy groups -OCH3 is 1. The molecule has 1 heterocycles. The largest absolute Gasteiger partial charge is 0.496 e. The Labute approximate surface area is 89.4 Å². The first-order valence-electron chi connectivity index (χ1n) is 5.33. The highest BCUT2D eigenvalue weighted by Crippen LogP contribution is 2.26. The lowest BCUT2D eigenvalue weighted by Gasteiger charge is -2.12. The molecule has 1 aliphatic rings. The monoisotopic (exact) mass is 209 g/mol. The average Bonchev–Trinajstić information content (AvgIpc) is 2.74. The zero-order chi connectivity index (χ0) is 10.7. The van der Waals surface area contributed by atoms with Gasteiger partial charge in [-0.05, 0) is 44.0 Å². The van der Waals surface area contributed by atoms with E-state index in [2.05, 4.69) is 5.32 Å². The molecule has 1 N–H and O–H groups in total. The van der Waals surface area contributed by atoms with Crippen molar-refractivity contribution in [3.63, 3.8) is 0 Å². The molecule has 1 aromatic rings. The Morgan fingerprint density at radius 1 is 1.53 bits per heavy atom. The molecule has 2 nitrogen and oxygen atoms in total. The summed E-state index contributed by atoms with van der Waals surface area (Å²) in [7, 11) is 1.59. The van der Waals surface area contributed by atoms with Gasteiger partial charge in [0.05, 0.1) is 7.11 Å². The highest BCUT2D eigenvalue weighted by Gasteiger charge is 2.19. The van der Waals surface area contributed by atoms with Gasteiger partial charge in [-0.15, -0.1) is 0 Å². The fourth-order valence-corrected chi connectivity index (χ4v) is 2.11. The molecule has 0 aliphatic carbocycles. The van der Waals surface area contributed by atoms with Crippen LogP contribution in [0.3, 0.4) is 0 Å². The summed E-state index contributed by atoms with van der Waals surface area (Å²) < 4.78 is 18.8. The highest BCUT2D eigenvalue weighted by atomic mass is 19.1. The van der Waals surface area contributed by atoms with Gasteiger partial charge in [-0.3, -0.25) is 0 Å². The standard InChI is InChI=1S/C12H16FNO/c1-15-12-4-2-3-11(13)10(12)7-9-5-6-14-8-9/h2-4,9,14H,5-8H2,1H3. The summed E-state index contributed by atoms with van der Waals surface area (Å²) >= 11 is 0. The van der Waals surface area contributed by atoms with E-state index in [9.17, 15) is 4.39 Å². The number of rotatable bonds is 3. The lowest BCUT2D eigenvalue weighted by Crippen LogP contribution is -2.12. The first-order chi connectivity index (χ1) is 7.31. The van der Waals surface area contributed by atoms with E-state index in [-0.39, 0.29) is 5.82 Å². The molecule has 82 valence electrons. The maximum absolute atomic E-state index is 13.6. The van der Waals surface area contributed by atoms with E-state index >= 15 is 0 Å². The second-order valence-electron chi connectivity index (χ2n) is 3.98. The smallest absolute Gasteiger partial charge is 0.130 e. The van der Waals surface area contributed by atoms with Gasteiger partial charge in [-0.1, -0.05) is 6.07 Å². The van der Waals surface area contributed by atoms with Gasteiger partial charge >= 0.3 is 0 Å². The Kier molecular flexibility index (Phi) is 3.21. The molecule has 0 saturated carbocycles. The summed E-state index contributed by atoms with van der Waals surface area (Å²) in [5, 5.41) is 3.29. The average molecular weight is 209 g/mol. The van der Waals surface area contributed by atoms with Crippen molar-refractivity contribution in [2.45, 2.75) is 12.8 Å². The molecular formula is C12H16FNO. The molecule has 15 heavy (non-hydrogen) atoms. The van der Waals surface area contributed by atoms with Crippen molar-refractivity contribution in [1.82, 2.24) is 5.32 Å². The van der Waals surface area contributed by atoms with E-state index in [0.29, 0.717) is 17.2 Å². The Bertz CT molecular complexity index is 334. The third kappa shape index (κ3) is 2.29. The van der Waals surface area contributed by atoms with Crippen LogP contribution in [0, 0.1) is 11.7 Å². The van der Waals surface area contributed by atoms with Gasteiger partial charge in [0.25, 0.3) is 0 Å². The number of ether oxygens (including phenoxy) is 1. The molecule has 1 unspecified atom stereocenters. The van der Waals surface area contributed by atoms with Crippen LogP contribution in [0.2, 0.25) is 0 Å². The topological polar surface area (TPSA) is 21.3 Å². The first kappa shape index (κ1) is 10.4. The van der Waals surface area contributed by atoms with E-state index in [4.69, 9.17) is 4.74 Å². The molecule has 1 atom stereocenters. The third-order valence-electron chi connectivity index (χ3n) is 2.95. The lowest BCUT2D eigenvalue weighted by molar-refractivity contribution is 0.399. The molecule has 0 aromatic heterocycles. The molecule has 0 bridgehead atoms. The molecule has 2 rings (SSSR count). The molecule has 0 radical (unpaired) electrons. The van der Waals surface area contributed by atoms with Crippen LogP contribution in [0.25, 0.3) is 0 Å². The Morgan fingerprint density at radius 3 is 3.07 bits per heavy atom. The van der Waals surface area contributed by atoms with Gasteiger partial charge in [-0.2, -0.15) is 0 Å². The van der Waals surface area contributed by atoms with Crippen LogP contribution in [-0.4, -0.2) is 20.2 Å². The van der Waals surface area contributed by atoms with Crippen LogP contribution >= 0.6 is 0 Å². The van der Waals surface area contributed by atoms with E-state index in [0.717, 1.165) is 25.9 Å². The van der Waals surface area contributed by atoms with Gasteiger partial charge in [0.1, 0.15) is 11.6 Å². The Morgan fingerprint density at radius 2 is 2.40 bits per heavy atom. The zero-order valence-corrected chi connectivity index (χ0v) is 8.92. The van der Waals surface area contributed by atoms with Gasteiger partial charge in [0.15, 0.2) is 0 Å². The molecule has 0 spiro atoms. The minimum atomic E-state index is -0.152. The van der Waals surface area contributed by atoms with E-state index in [1.165, 1.54) is 6.07 Å². The van der Waals surface area contributed by atoms with Crippen LogP contribution < -0.4 is 10.1 Å². The van der Waals surface area contributed by atoms with Crippen LogP contribution in [0.4, 0.5) is 4.39 Å². The molecular weight excluding hydrogens is 193 g/mol. The third-order valence-corrected chi connectivity index (χ3v) is 2.95. The van der Waals surface area contributed by atoms with Gasteiger partial charge in [-0.25, -0.2) is 4.39 Å². The minimum Gasteiger partial charge on any atom is -0.496 e. The van der Waals surface area contributed by atoms with Crippen LogP contribution in [0.5, 0.6) is 5.75 Å². The summed E-state index contributed by atoms with van der Waals surface area (Å²) in [5.41, 5.74) is 0.716. The van der Waals surface area contributed by atoms with E-state index < -0.39 is 0 Å². The SMILES string of the molecule is COc1cccc(F)c1CC1CCNC1. The maximum atomic E-state index is 13.6. The maximum Gasteiger partial charge on any atom is 0.130 e.